The Balaban J connectivity index is 1.68. The molecule has 1 aromatic heterocycles. The zero-order chi connectivity index (χ0) is 18.8. The summed E-state index contributed by atoms with van der Waals surface area (Å²) in [5.41, 5.74) is 2.86. The third-order valence-corrected chi connectivity index (χ3v) is 4.30. The van der Waals surface area contributed by atoms with E-state index in [0.29, 0.717) is 41.1 Å². The minimum atomic E-state index is 0.138. The summed E-state index contributed by atoms with van der Waals surface area (Å²) in [4.78, 5) is 4.33. The molecule has 0 N–H and O–H groups in total. The maximum Gasteiger partial charge on any atom is 0.268 e. The molecule has 6 nitrogen and oxygen atoms in total. The largest absolute Gasteiger partial charge is 0.486 e. The van der Waals surface area contributed by atoms with Crippen LogP contribution in [0.3, 0.4) is 0 Å². The number of aryl methyl sites for hydroxylation is 1. The van der Waals surface area contributed by atoms with E-state index in [2.05, 4.69) is 16.2 Å². The molecule has 134 valence electrons. The lowest BCUT2D eigenvalue weighted by molar-refractivity contribution is 0.171. The van der Waals surface area contributed by atoms with E-state index in [9.17, 15) is 5.26 Å². The Hall–Kier alpha value is -3.30. The molecule has 0 saturated carbocycles. The van der Waals surface area contributed by atoms with Crippen LogP contribution in [0.1, 0.15) is 17.0 Å². The van der Waals surface area contributed by atoms with Gasteiger partial charge in [0.25, 0.3) is 5.89 Å². The average Bonchev–Trinajstić information content (AvgIpc) is 3.17. The third kappa shape index (κ3) is 3.50. The molecule has 0 amide bonds. The Morgan fingerprint density at radius 1 is 1.19 bits per heavy atom. The summed E-state index contributed by atoms with van der Waals surface area (Å²) in [6.45, 7) is 2.90. The monoisotopic (exact) mass is 379 g/mol. The van der Waals surface area contributed by atoms with Crippen molar-refractivity contribution in [2.45, 2.75) is 6.92 Å². The van der Waals surface area contributed by atoms with E-state index in [4.69, 9.17) is 25.6 Å². The molecule has 1 aliphatic rings. The van der Waals surface area contributed by atoms with Crippen LogP contribution in [0.15, 0.2) is 40.9 Å². The summed E-state index contributed by atoms with van der Waals surface area (Å²) >= 11 is 6.25. The van der Waals surface area contributed by atoms with Gasteiger partial charge in [-0.25, -0.2) is 0 Å². The number of hydrogen-bond acceptors (Lipinski definition) is 6. The van der Waals surface area contributed by atoms with Gasteiger partial charge in [-0.15, -0.1) is 0 Å². The molecule has 0 radical (unpaired) electrons. The molecule has 0 aliphatic carbocycles. The van der Waals surface area contributed by atoms with E-state index < -0.39 is 0 Å². The van der Waals surface area contributed by atoms with Crippen LogP contribution in [0.2, 0.25) is 5.02 Å². The molecule has 27 heavy (non-hydrogen) atoms. The highest BCUT2D eigenvalue weighted by molar-refractivity contribution is 6.32. The first-order chi connectivity index (χ1) is 13.1. The molecular weight excluding hydrogens is 366 g/mol. The highest BCUT2D eigenvalue weighted by Crippen LogP contribution is 2.39. The number of nitrogens with zero attached hydrogens (tertiary/aromatic N) is 3. The fourth-order valence-electron chi connectivity index (χ4n) is 2.68. The van der Waals surface area contributed by atoms with E-state index >= 15 is 0 Å². The predicted molar refractivity (Wildman–Crippen MR) is 100 cm³/mol. The van der Waals surface area contributed by atoms with E-state index in [0.717, 1.165) is 11.1 Å². The van der Waals surface area contributed by atoms with Gasteiger partial charge in [-0.05, 0) is 30.7 Å². The van der Waals surface area contributed by atoms with Crippen LogP contribution < -0.4 is 9.47 Å². The van der Waals surface area contributed by atoms with Crippen molar-refractivity contribution in [3.05, 3.63) is 58.4 Å². The molecule has 0 unspecified atom stereocenters. The quantitative estimate of drug-likeness (QED) is 0.622. The van der Waals surface area contributed by atoms with Crippen LogP contribution in [0.25, 0.3) is 23.0 Å². The number of fused-ring (bicyclic) bond motifs is 1. The summed E-state index contributed by atoms with van der Waals surface area (Å²) < 4.78 is 16.3. The molecule has 3 aromatic rings. The fourth-order valence-corrected chi connectivity index (χ4v) is 2.95. The van der Waals surface area contributed by atoms with Gasteiger partial charge < -0.3 is 14.0 Å². The highest BCUT2D eigenvalue weighted by Gasteiger charge is 2.18. The number of halogens is 1. The van der Waals surface area contributed by atoms with Gasteiger partial charge in [0, 0.05) is 5.56 Å². The number of nitriles is 1. The number of rotatable bonds is 3. The number of hydrogen-bond donors (Lipinski definition) is 0. The zero-order valence-corrected chi connectivity index (χ0v) is 15.2. The van der Waals surface area contributed by atoms with Crippen LogP contribution in [0, 0.1) is 18.3 Å². The lowest BCUT2D eigenvalue weighted by Crippen LogP contribution is -2.15. The van der Waals surface area contributed by atoms with Crippen LogP contribution >= 0.6 is 11.6 Å². The summed E-state index contributed by atoms with van der Waals surface area (Å²) in [5.74, 6) is 1.62. The van der Waals surface area contributed by atoms with Crippen LogP contribution in [-0.2, 0) is 0 Å². The van der Waals surface area contributed by atoms with Gasteiger partial charge in [0.05, 0.1) is 5.02 Å². The van der Waals surface area contributed by atoms with Crippen molar-refractivity contribution in [3.63, 3.8) is 0 Å². The number of aromatic nitrogens is 2. The second-order valence-electron chi connectivity index (χ2n) is 5.99. The van der Waals surface area contributed by atoms with Crippen molar-refractivity contribution < 1.29 is 14.0 Å². The van der Waals surface area contributed by atoms with Crippen LogP contribution in [0.4, 0.5) is 0 Å². The molecule has 0 spiro atoms. The number of ether oxygens (including phenoxy) is 2. The summed E-state index contributed by atoms with van der Waals surface area (Å²) in [6.07, 6.45) is 1.62. The molecular formula is C20H14ClN3O3. The van der Waals surface area contributed by atoms with Gasteiger partial charge in [-0.2, -0.15) is 10.2 Å². The maximum atomic E-state index is 9.53. The van der Waals surface area contributed by atoms with Gasteiger partial charge >= 0.3 is 0 Å². The van der Waals surface area contributed by atoms with Crippen LogP contribution in [0.5, 0.6) is 11.5 Å². The first-order valence-corrected chi connectivity index (χ1v) is 8.64. The first kappa shape index (κ1) is 17.1. The Morgan fingerprint density at radius 3 is 2.74 bits per heavy atom. The normalized spacial score (nSPS) is 13.3. The molecule has 1 aliphatic heterocycles. The van der Waals surface area contributed by atoms with Crippen molar-refractivity contribution >= 4 is 23.3 Å². The Labute approximate surface area is 160 Å². The molecule has 7 heteroatoms. The van der Waals surface area contributed by atoms with Gasteiger partial charge in [-0.3, -0.25) is 0 Å². The van der Waals surface area contributed by atoms with Crippen LogP contribution in [-0.4, -0.2) is 23.4 Å². The molecule has 0 atom stereocenters. The van der Waals surface area contributed by atoms with Gasteiger partial charge in [0.2, 0.25) is 5.82 Å². The van der Waals surface area contributed by atoms with E-state index in [1.54, 1.807) is 18.2 Å². The summed E-state index contributed by atoms with van der Waals surface area (Å²) in [5, 5.41) is 13.9. The van der Waals surface area contributed by atoms with Gasteiger partial charge in [-0.1, -0.05) is 46.6 Å². The molecule has 2 heterocycles. The van der Waals surface area contributed by atoms with Crippen molar-refractivity contribution in [2.24, 2.45) is 0 Å². The standard InChI is InChI=1S/C20H14ClN3O3/c1-12-2-4-14(5-3-12)19-23-20(27-24-19)15(11-22)8-13-9-16(21)18-17(10-13)25-6-7-26-18/h2-5,8-10H,6-7H2,1H3/b15-8+. The van der Waals surface area contributed by atoms with Crippen molar-refractivity contribution in [1.82, 2.24) is 10.1 Å². The lowest BCUT2D eigenvalue weighted by Gasteiger charge is -2.19. The van der Waals surface area contributed by atoms with Crippen molar-refractivity contribution in [3.8, 4) is 29.0 Å². The molecule has 2 aromatic carbocycles. The molecule has 0 fully saturated rings. The smallest absolute Gasteiger partial charge is 0.268 e. The Bertz CT molecular complexity index is 1070. The second kappa shape index (κ2) is 7.14. The number of allylic oxidation sites excluding steroid dienone is 1. The van der Waals surface area contributed by atoms with E-state index in [1.165, 1.54) is 0 Å². The molecule has 0 saturated heterocycles. The average molecular weight is 380 g/mol. The summed E-state index contributed by atoms with van der Waals surface area (Å²) in [7, 11) is 0. The third-order valence-electron chi connectivity index (χ3n) is 4.02. The Kier molecular flexibility index (Phi) is 4.53. The Morgan fingerprint density at radius 2 is 1.96 bits per heavy atom. The SMILES string of the molecule is Cc1ccc(-c2noc(/C(C#N)=C/c3cc(Cl)c4c(c3)OCCO4)n2)cc1. The van der Waals surface area contributed by atoms with E-state index in [1.807, 2.05) is 31.2 Å². The number of benzene rings is 2. The lowest BCUT2D eigenvalue weighted by atomic mass is 10.1. The van der Waals surface area contributed by atoms with E-state index in [-0.39, 0.29) is 11.5 Å². The molecule has 0 bridgehead atoms. The first-order valence-electron chi connectivity index (χ1n) is 8.26. The fraction of sp³-hybridized carbons (Fsp3) is 0.150. The zero-order valence-electron chi connectivity index (χ0n) is 14.4. The minimum absolute atomic E-state index is 0.138. The summed E-state index contributed by atoms with van der Waals surface area (Å²) in [6, 6.07) is 13.3. The molecule has 4 rings (SSSR count). The van der Waals surface area contributed by atoms with Gasteiger partial charge in [0.15, 0.2) is 11.5 Å². The topological polar surface area (TPSA) is 81.2 Å². The van der Waals surface area contributed by atoms with Crippen molar-refractivity contribution in [2.75, 3.05) is 13.2 Å². The van der Waals surface area contributed by atoms with Crippen molar-refractivity contribution in [1.29, 1.82) is 5.26 Å². The maximum absolute atomic E-state index is 9.53. The van der Waals surface area contributed by atoms with Gasteiger partial charge in [0.1, 0.15) is 24.9 Å². The highest BCUT2D eigenvalue weighted by atomic mass is 35.5. The second-order valence-corrected chi connectivity index (χ2v) is 6.39. The predicted octanol–water partition coefficient (Wildman–Crippen LogP) is 4.53. The minimum Gasteiger partial charge on any atom is -0.486 e.